The Morgan fingerprint density at radius 3 is 2.72 bits per heavy atom. The number of hydrogen-bond donors (Lipinski definition) is 1. The van der Waals surface area contributed by atoms with E-state index < -0.39 is 0 Å². The summed E-state index contributed by atoms with van der Waals surface area (Å²) in [5.74, 6) is 1.80. The van der Waals surface area contributed by atoms with Gasteiger partial charge in [-0.1, -0.05) is 13.0 Å². The van der Waals surface area contributed by atoms with E-state index in [0.29, 0.717) is 6.04 Å². The lowest BCUT2D eigenvalue weighted by atomic mass is 9.77. The molecule has 18 heavy (non-hydrogen) atoms. The molecular weight excluding hydrogens is 226 g/mol. The standard InChI is InChI=1S/C15H21NO2/c1-11-15(2,6-7-16-11)12-4-5-13-14(10-12)18-9-3-8-17-13/h4-5,10-11,16H,3,6-9H2,1-2H3. The number of nitrogens with one attached hydrogen (secondary N) is 1. The third-order valence-corrected chi connectivity index (χ3v) is 4.46. The van der Waals surface area contributed by atoms with Gasteiger partial charge in [0.2, 0.25) is 0 Å². The number of fused-ring (bicyclic) bond motifs is 1. The highest BCUT2D eigenvalue weighted by molar-refractivity contribution is 5.46. The van der Waals surface area contributed by atoms with Crippen molar-refractivity contribution in [2.24, 2.45) is 0 Å². The van der Waals surface area contributed by atoms with Crippen LogP contribution in [-0.4, -0.2) is 25.8 Å². The predicted molar refractivity (Wildman–Crippen MR) is 71.5 cm³/mol. The Hall–Kier alpha value is -1.22. The van der Waals surface area contributed by atoms with Gasteiger partial charge in [-0.2, -0.15) is 0 Å². The Labute approximate surface area is 108 Å². The molecule has 2 unspecified atom stereocenters. The Bertz CT molecular complexity index is 446. The second-order valence-corrected chi connectivity index (χ2v) is 5.56. The van der Waals surface area contributed by atoms with E-state index >= 15 is 0 Å². The van der Waals surface area contributed by atoms with E-state index in [0.717, 1.165) is 37.7 Å². The zero-order valence-corrected chi connectivity index (χ0v) is 11.2. The molecule has 98 valence electrons. The lowest BCUT2D eigenvalue weighted by Gasteiger charge is -2.29. The van der Waals surface area contributed by atoms with Crippen molar-refractivity contribution in [2.45, 2.75) is 38.1 Å². The highest BCUT2D eigenvalue weighted by Crippen LogP contribution is 2.39. The predicted octanol–water partition coefficient (Wildman–Crippen LogP) is 2.49. The molecule has 1 fully saturated rings. The fourth-order valence-corrected chi connectivity index (χ4v) is 2.90. The Morgan fingerprint density at radius 2 is 2.00 bits per heavy atom. The third-order valence-electron chi connectivity index (χ3n) is 4.46. The lowest BCUT2D eigenvalue weighted by molar-refractivity contribution is 0.296. The van der Waals surface area contributed by atoms with Crippen molar-refractivity contribution in [3.05, 3.63) is 23.8 Å². The minimum Gasteiger partial charge on any atom is -0.490 e. The zero-order chi connectivity index (χ0) is 12.6. The summed E-state index contributed by atoms with van der Waals surface area (Å²) >= 11 is 0. The van der Waals surface area contributed by atoms with Crippen molar-refractivity contribution in [2.75, 3.05) is 19.8 Å². The molecular formula is C15H21NO2. The molecule has 2 aliphatic rings. The smallest absolute Gasteiger partial charge is 0.161 e. The van der Waals surface area contributed by atoms with Crippen molar-refractivity contribution in [1.29, 1.82) is 0 Å². The molecule has 3 rings (SSSR count). The van der Waals surface area contributed by atoms with Gasteiger partial charge in [0.25, 0.3) is 0 Å². The van der Waals surface area contributed by atoms with E-state index in [9.17, 15) is 0 Å². The molecule has 3 heteroatoms. The van der Waals surface area contributed by atoms with Crippen LogP contribution in [0.3, 0.4) is 0 Å². The molecule has 0 amide bonds. The van der Waals surface area contributed by atoms with E-state index in [2.05, 4.69) is 37.4 Å². The van der Waals surface area contributed by atoms with Crippen molar-refractivity contribution >= 4 is 0 Å². The first-order valence-electron chi connectivity index (χ1n) is 6.84. The van der Waals surface area contributed by atoms with Crippen LogP contribution in [0.1, 0.15) is 32.3 Å². The summed E-state index contributed by atoms with van der Waals surface area (Å²) in [5, 5.41) is 3.53. The van der Waals surface area contributed by atoms with Crippen LogP contribution < -0.4 is 14.8 Å². The quantitative estimate of drug-likeness (QED) is 0.827. The molecule has 1 saturated heterocycles. The first-order chi connectivity index (χ1) is 8.70. The minimum atomic E-state index is 0.199. The van der Waals surface area contributed by atoms with Gasteiger partial charge in [0, 0.05) is 17.9 Å². The number of ether oxygens (including phenoxy) is 2. The summed E-state index contributed by atoms with van der Waals surface area (Å²) in [5.41, 5.74) is 1.55. The van der Waals surface area contributed by atoms with Crippen LogP contribution in [0, 0.1) is 0 Å². The average molecular weight is 247 g/mol. The van der Waals surface area contributed by atoms with Crippen LogP contribution >= 0.6 is 0 Å². The molecule has 2 heterocycles. The molecule has 1 N–H and O–H groups in total. The number of rotatable bonds is 1. The van der Waals surface area contributed by atoms with Gasteiger partial charge in [-0.3, -0.25) is 0 Å². The van der Waals surface area contributed by atoms with Gasteiger partial charge >= 0.3 is 0 Å². The second kappa shape index (κ2) is 4.47. The molecule has 0 radical (unpaired) electrons. The molecule has 2 aliphatic heterocycles. The molecule has 2 atom stereocenters. The molecule has 0 aromatic heterocycles. The molecule has 0 saturated carbocycles. The Balaban J connectivity index is 1.96. The maximum absolute atomic E-state index is 5.78. The molecule has 1 aromatic carbocycles. The van der Waals surface area contributed by atoms with Gasteiger partial charge in [-0.25, -0.2) is 0 Å². The Kier molecular flexibility index (Phi) is 2.94. The maximum atomic E-state index is 5.78. The largest absolute Gasteiger partial charge is 0.490 e. The van der Waals surface area contributed by atoms with Crippen LogP contribution in [0.2, 0.25) is 0 Å². The van der Waals surface area contributed by atoms with Crippen molar-refractivity contribution < 1.29 is 9.47 Å². The van der Waals surface area contributed by atoms with Gasteiger partial charge < -0.3 is 14.8 Å². The number of hydrogen-bond acceptors (Lipinski definition) is 3. The fraction of sp³-hybridized carbons (Fsp3) is 0.600. The van der Waals surface area contributed by atoms with Gasteiger partial charge in [0.05, 0.1) is 13.2 Å². The van der Waals surface area contributed by atoms with E-state index in [1.807, 2.05) is 0 Å². The van der Waals surface area contributed by atoms with Crippen molar-refractivity contribution in [3.8, 4) is 11.5 Å². The second-order valence-electron chi connectivity index (χ2n) is 5.56. The first kappa shape index (κ1) is 11.8. The third kappa shape index (κ3) is 1.87. The SMILES string of the molecule is CC1NCCC1(C)c1ccc2c(c1)OCCCO2. The zero-order valence-electron chi connectivity index (χ0n) is 11.2. The molecule has 0 bridgehead atoms. The van der Waals surface area contributed by atoms with E-state index in [1.165, 1.54) is 12.0 Å². The summed E-state index contributed by atoms with van der Waals surface area (Å²) in [6, 6.07) is 6.93. The van der Waals surface area contributed by atoms with Gasteiger partial charge in [-0.05, 0) is 37.6 Å². The molecule has 0 spiro atoms. The van der Waals surface area contributed by atoms with E-state index in [-0.39, 0.29) is 5.41 Å². The normalized spacial score (nSPS) is 31.1. The summed E-state index contributed by atoms with van der Waals surface area (Å²) < 4.78 is 11.5. The van der Waals surface area contributed by atoms with Crippen molar-refractivity contribution in [3.63, 3.8) is 0 Å². The summed E-state index contributed by atoms with van der Waals surface area (Å²) in [7, 11) is 0. The van der Waals surface area contributed by atoms with Gasteiger partial charge in [0.15, 0.2) is 11.5 Å². The van der Waals surface area contributed by atoms with Crippen LogP contribution in [0.4, 0.5) is 0 Å². The lowest BCUT2D eigenvalue weighted by Crippen LogP contribution is -2.35. The molecule has 3 nitrogen and oxygen atoms in total. The number of benzene rings is 1. The van der Waals surface area contributed by atoms with E-state index in [4.69, 9.17) is 9.47 Å². The van der Waals surface area contributed by atoms with Crippen molar-refractivity contribution in [1.82, 2.24) is 5.32 Å². The topological polar surface area (TPSA) is 30.5 Å². The van der Waals surface area contributed by atoms with Gasteiger partial charge in [0.1, 0.15) is 0 Å². The highest BCUT2D eigenvalue weighted by Gasteiger charge is 2.37. The van der Waals surface area contributed by atoms with Gasteiger partial charge in [-0.15, -0.1) is 0 Å². The summed E-state index contributed by atoms with van der Waals surface area (Å²) in [6.07, 6.45) is 2.13. The van der Waals surface area contributed by atoms with E-state index in [1.54, 1.807) is 0 Å². The fourth-order valence-electron chi connectivity index (χ4n) is 2.90. The van der Waals surface area contributed by atoms with Crippen LogP contribution in [-0.2, 0) is 5.41 Å². The van der Waals surface area contributed by atoms with Crippen LogP contribution in [0.15, 0.2) is 18.2 Å². The average Bonchev–Trinajstić information content (AvgIpc) is 2.61. The molecule has 1 aromatic rings. The summed E-state index contributed by atoms with van der Waals surface area (Å²) in [6.45, 7) is 7.18. The summed E-state index contributed by atoms with van der Waals surface area (Å²) in [4.78, 5) is 0. The molecule has 0 aliphatic carbocycles. The maximum Gasteiger partial charge on any atom is 0.161 e. The highest BCUT2D eigenvalue weighted by atomic mass is 16.5. The van der Waals surface area contributed by atoms with Crippen LogP contribution in [0.5, 0.6) is 11.5 Å². The minimum absolute atomic E-state index is 0.199. The monoisotopic (exact) mass is 247 g/mol. The van der Waals surface area contributed by atoms with Crippen LogP contribution in [0.25, 0.3) is 0 Å². The first-order valence-corrected chi connectivity index (χ1v) is 6.84. The Morgan fingerprint density at radius 1 is 1.22 bits per heavy atom.